The molecule has 1 heterocycles. The Bertz CT molecular complexity index is 1390. The number of aromatic nitrogens is 1. The lowest BCUT2D eigenvalue weighted by Gasteiger charge is -2.29. The number of benzene rings is 1. The number of carbonyl (C=O) groups excluding carboxylic acids is 5. The first kappa shape index (κ1) is 39.6. The molecule has 0 aliphatic rings. The number of allylic oxidation sites excluding steroid dienone is 1. The van der Waals surface area contributed by atoms with Crippen molar-refractivity contribution >= 4 is 29.5 Å². The van der Waals surface area contributed by atoms with E-state index in [1.165, 1.54) is 12.4 Å². The molecule has 5 amide bonds. The van der Waals surface area contributed by atoms with Crippen LogP contribution in [0, 0.1) is 11.8 Å². The molecule has 2 aromatic rings. The van der Waals surface area contributed by atoms with Gasteiger partial charge in [0.2, 0.25) is 17.7 Å². The average molecular weight is 664 g/mol. The van der Waals surface area contributed by atoms with Gasteiger partial charge in [-0.2, -0.15) is 0 Å². The number of rotatable bonds is 18. The van der Waals surface area contributed by atoms with Crippen molar-refractivity contribution in [3.8, 4) is 0 Å². The third kappa shape index (κ3) is 12.6. The summed E-state index contributed by atoms with van der Waals surface area (Å²) in [5.41, 5.74) is 1.83. The number of nitrogens with zero attached hydrogens (tertiary/aromatic N) is 1. The normalized spacial score (nSPS) is 14.0. The minimum absolute atomic E-state index is 0.205. The van der Waals surface area contributed by atoms with E-state index >= 15 is 0 Å². The van der Waals surface area contributed by atoms with Gasteiger partial charge in [0.25, 0.3) is 11.8 Å². The van der Waals surface area contributed by atoms with Crippen molar-refractivity contribution in [3.63, 3.8) is 0 Å². The van der Waals surface area contributed by atoms with Gasteiger partial charge in [-0.1, -0.05) is 64.4 Å². The van der Waals surface area contributed by atoms with E-state index in [2.05, 4.69) is 36.9 Å². The maximum absolute atomic E-state index is 13.9. The zero-order valence-corrected chi connectivity index (χ0v) is 29.5. The molecule has 12 nitrogen and oxygen atoms in total. The molecule has 0 bridgehead atoms. The number of likely N-dealkylation sites (N-methyl/N-ethyl adjacent to an activating group) is 1. The number of hydrogen-bond acceptors (Lipinski definition) is 7. The fraction of sp³-hybridized carbons (Fsp3) is 0.500. The Kier molecular flexibility index (Phi) is 16.4. The summed E-state index contributed by atoms with van der Waals surface area (Å²) in [6.07, 6.45) is 4.22. The molecule has 2 rings (SSSR count). The molecule has 12 heteroatoms. The van der Waals surface area contributed by atoms with Gasteiger partial charge in [0, 0.05) is 37.1 Å². The standard InChI is InChI=1S/C36H53N7O5/c1-9-24(7)30(42-33(45)27-16-18-37-19-17-27)35(47)43-31(26-14-12-11-13-15-26)36(48)40-28(20-22(3)4)21-39-25(8)32(44)41-29(23(5)6)34(46)38-10-2/h11-19,22,24-25,28,30-31,39H,9-10,20-21H2,1-8H3,(H,38,46)(H,40,48)(H,41,44)(H,42,45)(H,43,47)/t24-,25-,28-,30-,31-/m0/s1. The second-order valence-electron chi connectivity index (χ2n) is 12.6. The van der Waals surface area contributed by atoms with Crippen LogP contribution in [0.15, 0.2) is 66.1 Å². The molecular formula is C36H53N7O5. The SMILES string of the molecule is CCNC(=O)C(NC(=O)[C@H](C)NC[C@H](CC(C)C)NC(=O)[C@@H](NC(=O)[C@@H](NC(=O)c1ccncc1)[C@@H](C)CC)c1ccccc1)=C(C)C. The lowest BCUT2D eigenvalue weighted by molar-refractivity contribution is -0.131. The monoisotopic (exact) mass is 663 g/mol. The van der Waals surface area contributed by atoms with E-state index in [0.29, 0.717) is 36.1 Å². The number of nitrogens with one attached hydrogen (secondary N) is 6. The number of amides is 5. The van der Waals surface area contributed by atoms with E-state index in [0.717, 1.165) is 0 Å². The minimum atomic E-state index is -1.05. The van der Waals surface area contributed by atoms with Crippen molar-refractivity contribution < 1.29 is 24.0 Å². The van der Waals surface area contributed by atoms with Crippen molar-refractivity contribution in [3.05, 3.63) is 77.3 Å². The second kappa shape index (κ2) is 19.9. The van der Waals surface area contributed by atoms with Gasteiger partial charge in [-0.15, -0.1) is 0 Å². The molecule has 1 aromatic heterocycles. The first-order chi connectivity index (χ1) is 22.8. The summed E-state index contributed by atoms with van der Waals surface area (Å²) in [6, 6.07) is 9.04. The Labute approximate surface area is 284 Å². The lowest BCUT2D eigenvalue weighted by Crippen LogP contribution is -2.55. The summed E-state index contributed by atoms with van der Waals surface area (Å²) in [7, 11) is 0. The van der Waals surface area contributed by atoms with Crippen LogP contribution in [-0.2, 0) is 19.2 Å². The quantitative estimate of drug-likeness (QED) is 0.133. The fourth-order valence-electron chi connectivity index (χ4n) is 4.96. The Morgan fingerprint density at radius 1 is 0.792 bits per heavy atom. The topological polar surface area (TPSA) is 170 Å². The molecular weight excluding hydrogens is 610 g/mol. The predicted molar refractivity (Wildman–Crippen MR) is 186 cm³/mol. The summed E-state index contributed by atoms with van der Waals surface area (Å²) >= 11 is 0. The van der Waals surface area contributed by atoms with Gasteiger partial charge in [-0.25, -0.2) is 0 Å². The van der Waals surface area contributed by atoms with E-state index < -0.39 is 35.8 Å². The number of pyridine rings is 1. The van der Waals surface area contributed by atoms with Crippen molar-refractivity contribution in [2.75, 3.05) is 13.1 Å². The van der Waals surface area contributed by atoms with E-state index in [4.69, 9.17) is 0 Å². The minimum Gasteiger partial charge on any atom is -0.351 e. The molecule has 262 valence electrons. The van der Waals surface area contributed by atoms with Gasteiger partial charge in [0.05, 0.1) is 6.04 Å². The van der Waals surface area contributed by atoms with Crippen LogP contribution in [0.1, 0.15) is 90.2 Å². The summed E-state index contributed by atoms with van der Waals surface area (Å²) < 4.78 is 0. The van der Waals surface area contributed by atoms with E-state index in [1.54, 1.807) is 64.1 Å². The van der Waals surface area contributed by atoms with Crippen LogP contribution in [0.2, 0.25) is 0 Å². The van der Waals surface area contributed by atoms with Crippen LogP contribution in [0.25, 0.3) is 0 Å². The van der Waals surface area contributed by atoms with Gasteiger partial charge < -0.3 is 31.9 Å². The lowest BCUT2D eigenvalue weighted by atomic mass is 9.96. The Balaban J connectivity index is 2.23. The molecule has 0 spiro atoms. The second-order valence-corrected chi connectivity index (χ2v) is 12.6. The molecule has 0 saturated heterocycles. The van der Waals surface area contributed by atoms with Crippen molar-refractivity contribution in [1.82, 2.24) is 36.9 Å². The zero-order chi connectivity index (χ0) is 35.8. The predicted octanol–water partition coefficient (Wildman–Crippen LogP) is 3.14. The van der Waals surface area contributed by atoms with Crippen LogP contribution in [0.3, 0.4) is 0 Å². The van der Waals surface area contributed by atoms with Gasteiger partial charge in [-0.05, 0) is 69.2 Å². The first-order valence-electron chi connectivity index (χ1n) is 16.6. The maximum atomic E-state index is 13.9. The van der Waals surface area contributed by atoms with Gasteiger partial charge in [0.15, 0.2) is 0 Å². The Morgan fingerprint density at radius 2 is 1.44 bits per heavy atom. The van der Waals surface area contributed by atoms with Crippen molar-refractivity contribution in [1.29, 1.82) is 0 Å². The molecule has 0 aliphatic carbocycles. The highest BCUT2D eigenvalue weighted by atomic mass is 16.2. The number of hydrogen-bond donors (Lipinski definition) is 6. The maximum Gasteiger partial charge on any atom is 0.267 e. The summed E-state index contributed by atoms with van der Waals surface area (Å²) in [5, 5.41) is 17.4. The molecule has 0 saturated carbocycles. The highest BCUT2D eigenvalue weighted by Crippen LogP contribution is 2.17. The summed E-state index contributed by atoms with van der Waals surface area (Å²) in [5.74, 6) is -2.08. The van der Waals surface area contributed by atoms with Gasteiger partial charge >= 0.3 is 0 Å². The highest BCUT2D eigenvalue weighted by Gasteiger charge is 2.32. The van der Waals surface area contributed by atoms with Crippen LogP contribution in [0.4, 0.5) is 0 Å². The zero-order valence-electron chi connectivity index (χ0n) is 29.5. The van der Waals surface area contributed by atoms with E-state index in [9.17, 15) is 24.0 Å². The molecule has 0 fully saturated rings. The number of carbonyl (C=O) groups is 5. The van der Waals surface area contributed by atoms with Gasteiger partial charge in [0.1, 0.15) is 17.8 Å². The largest absolute Gasteiger partial charge is 0.351 e. The molecule has 5 atom stereocenters. The molecule has 6 N–H and O–H groups in total. The fourth-order valence-corrected chi connectivity index (χ4v) is 4.96. The summed E-state index contributed by atoms with van der Waals surface area (Å²) in [6.45, 7) is 15.5. The molecule has 1 aromatic carbocycles. The Morgan fingerprint density at radius 3 is 2.00 bits per heavy atom. The van der Waals surface area contributed by atoms with Crippen LogP contribution in [0.5, 0.6) is 0 Å². The van der Waals surface area contributed by atoms with Gasteiger partial charge in [-0.3, -0.25) is 29.0 Å². The molecule has 48 heavy (non-hydrogen) atoms. The first-order valence-corrected chi connectivity index (χ1v) is 16.6. The van der Waals surface area contributed by atoms with E-state index in [-0.39, 0.29) is 41.9 Å². The third-order valence-corrected chi connectivity index (χ3v) is 7.88. The highest BCUT2D eigenvalue weighted by molar-refractivity contribution is 5.99. The van der Waals surface area contributed by atoms with Crippen molar-refractivity contribution in [2.45, 2.75) is 92.4 Å². The summed E-state index contributed by atoms with van der Waals surface area (Å²) in [4.78, 5) is 70.1. The molecule has 0 radical (unpaired) electrons. The molecule has 0 aliphatic heterocycles. The Hall–Kier alpha value is -4.58. The van der Waals surface area contributed by atoms with Crippen LogP contribution < -0.4 is 31.9 Å². The molecule has 0 unspecified atom stereocenters. The van der Waals surface area contributed by atoms with Crippen molar-refractivity contribution in [2.24, 2.45) is 11.8 Å². The third-order valence-electron chi connectivity index (χ3n) is 7.88. The van der Waals surface area contributed by atoms with Crippen LogP contribution >= 0.6 is 0 Å². The smallest absolute Gasteiger partial charge is 0.267 e. The van der Waals surface area contributed by atoms with Crippen LogP contribution in [-0.4, -0.2) is 65.7 Å². The average Bonchev–Trinajstić information content (AvgIpc) is 3.06. The van der Waals surface area contributed by atoms with E-state index in [1.807, 2.05) is 33.8 Å².